The van der Waals surface area contributed by atoms with Crippen molar-refractivity contribution < 1.29 is 4.74 Å². The third kappa shape index (κ3) is 3.27. The number of aryl methyl sites for hydroxylation is 2. The molecule has 3 aromatic rings. The van der Waals surface area contributed by atoms with E-state index in [1.807, 2.05) is 12.3 Å². The van der Waals surface area contributed by atoms with Gasteiger partial charge in [0.2, 0.25) is 0 Å². The summed E-state index contributed by atoms with van der Waals surface area (Å²) in [4.78, 5) is 4.47. The van der Waals surface area contributed by atoms with Crippen molar-refractivity contribution >= 4 is 46.5 Å². The van der Waals surface area contributed by atoms with E-state index in [9.17, 15) is 0 Å². The van der Waals surface area contributed by atoms with Crippen LogP contribution >= 0.6 is 35.6 Å². The summed E-state index contributed by atoms with van der Waals surface area (Å²) < 4.78 is 7.98. The fourth-order valence-corrected chi connectivity index (χ4v) is 2.90. The maximum atomic E-state index is 6.01. The molecule has 0 aliphatic carbocycles. The SMILES string of the molecule is Cc1c(C)n(C)c2c(COc3ccc(Cl)c(Cl)c3)nccc12.Cl. The quantitative estimate of drug-likeness (QED) is 0.608. The van der Waals surface area contributed by atoms with Crippen LogP contribution in [0.15, 0.2) is 30.5 Å². The van der Waals surface area contributed by atoms with Crippen LogP contribution in [0.25, 0.3) is 10.9 Å². The largest absolute Gasteiger partial charge is 0.487 e. The number of benzene rings is 1. The first-order valence-corrected chi connectivity index (χ1v) is 7.72. The van der Waals surface area contributed by atoms with Crippen molar-refractivity contribution in [1.29, 1.82) is 0 Å². The van der Waals surface area contributed by atoms with E-state index in [4.69, 9.17) is 27.9 Å². The topological polar surface area (TPSA) is 27.1 Å². The van der Waals surface area contributed by atoms with Crippen LogP contribution in [0.2, 0.25) is 10.0 Å². The highest BCUT2D eigenvalue weighted by Crippen LogP contribution is 2.29. The van der Waals surface area contributed by atoms with E-state index in [0.29, 0.717) is 22.4 Å². The summed E-state index contributed by atoms with van der Waals surface area (Å²) in [5, 5.41) is 2.21. The summed E-state index contributed by atoms with van der Waals surface area (Å²) in [6.45, 7) is 4.62. The van der Waals surface area contributed by atoms with Crippen LogP contribution in [0.5, 0.6) is 5.75 Å². The van der Waals surface area contributed by atoms with Crippen LogP contribution in [0.3, 0.4) is 0 Å². The molecule has 0 aliphatic rings. The van der Waals surface area contributed by atoms with Crippen LogP contribution in [0, 0.1) is 13.8 Å². The molecule has 23 heavy (non-hydrogen) atoms. The number of hydrogen-bond donors (Lipinski definition) is 0. The summed E-state index contributed by atoms with van der Waals surface area (Å²) in [6, 6.07) is 7.28. The highest BCUT2D eigenvalue weighted by molar-refractivity contribution is 6.42. The molecule has 0 spiro atoms. The Kier molecular flexibility index (Phi) is 5.45. The Balaban J connectivity index is 0.00000192. The lowest BCUT2D eigenvalue weighted by molar-refractivity contribution is 0.302. The fourth-order valence-electron chi connectivity index (χ4n) is 2.61. The minimum Gasteiger partial charge on any atom is -0.487 e. The van der Waals surface area contributed by atoms with Crippen molar-refractivity contribution in [3.8, 4) is 5.75 Å². The molecular formula is C17H17Cl3N2O. The van der Waals surface area contributed by atoms with Gasteiger partial charge in [0, 0.05) is 30.4 Å². The van der Waals surface area contributed by atoms with Crippen molar-refractivity contribution in [3.63, 3.8) is 0 Å². The van der Waals surface area contributed by atoms with Crippen LogP contribution in [0.4, 0.5) is 0 Å². The Morgan fingerprint density at radius 3 is 2.57 bits per heavy atom. The Hall–Kier alpha value is -1.42. The van der Waals surface area contributed by atoms with E-state index in [1.54, 1.807) is 18.2 Å². The second kappa shape index (κ2) is 7.00. The normalized spacial score (nSPS) is 10.7. The van der Waals surface area contributed by atoms with E-state index in [0.717, 1.165) is 11.2 Å². The number of nitrogens with zero attached hydrogens (tertiary/aromatic N) is 2. The summed E-state index contributed by atoms with van der Waals surface area (Å²) in [7, 11) is 2.05. The zero-order valence-corrected chi connectivity index (χ0v) is 15.4. The van der Waals surface area contributed by atoms with E-state index >= 15 is 0 Å². The third-order valence-electron chi connectivity index (χ3n) is 4.05. The average molecular weight is 372 g/mol. The average Bonchev–Trinajstić information content (AvgIpc) is 2.74. The molecule has 2 heterocycles. The van der Waals surface area contributed by atoms with Crippen molar-refractivity contribution in [2.45, 2.75) is 20.5 Å². The lowest BCUT2D eigenvalue weighted by atomic mass is 10.2. The lowest BCUT2D eigenvalue weighted by Crippen LogP contribution is -2.02. The van der Waals surface area contributed by atoms with E-state index in [1.165, 1.54) is 16.6 Å². The highest BCUT2D eigenvalue weighted by Gasteiger charge is 2.13. The number of fused-ring (bicyclic) bond motifs is 1. The molecule has 0 N–H and O–H groups in total. The van der Waals surface area contributed by atoms with Gasteiger partial charge in [-0.1, -0.05) is 23.2 Å². The second-order valence-corrected chi connectivity index (χ2v) is 6.10. The van der Waals surface area contributed by atoms with Crippen molar-refractivity contribution in [2.75, 3.05) is 0 Å². The number of hydrogen-bond acceptors (Lipinski definition) is 2. The monoisotopic (exact) mass is 370 g/mol. The van der Waals surface area contributed by atoms with Gasteiger partial charge < -0.3 is 9.30 Å². The van der Waals surface area contributed by atoms with Gasteiger partial charge in [0.25, 0.3) is 0 Å². The summed E-state index contributed by atoms with van der Waals surface area (Å²) in [5.74, 6) is 0.677. The Labute approximate surface area is 151 Å². The molecule has 0 bridgehead atoms. The predicted molar refractivity (Wildman–Crippen MR) is 98.2 cm³/mol. The van der Waals surface area contributed by atoms with Gasteiger partial charge in [0.05, 0.1) is 15.6 Å². The first kappa shape index (κ1) is 17.9. The molecule has 122 valence electrons. The zero-order chi connectivity index (χ0) is 15.9. The molecule has 0 amide bonds. The maximum Gasteiger partial charge on any atom is 0.132 e. The Morgan fingerprint density at radius 2 is 1.87 bits per heavy atom. The molecule has 0 saturated heterocycles. The molecular weight excluding hydrogens is 355 g/mol. The molecule has 3 rings (SSSR count). The van der Waals surface area contributed by atoms with E-state index in [2.05, 4.69) is 30.4 Å². The van der Waals surface area contributed by atoms with Crippen LogP contribution in [0.1, 0.15) is 17.0 Å². The van der Waals surface area contributed by atoms with Gasteiger partial charge in [-0.05, 0) is 37.6 Å². The van der Waals surface area contributed by atoms with E-state index in [-0.39, 0.29) is 12.4 Å². The van der Waals surface area contributed by atoms with Crippen LogP contribution in [-0.4, -0.2) is 9.55 Å². The Morgan fingerprint density at radius 1 is 1.13 bits per heavy atom. The number of pyridine rings is 1. The minimum atomic E-state index is 0. The molecule has 2 aromatic heterocycles. The molecule has 0 unspecified atom stereocenters. The third-order valence-corrected chi connectivity index (χ3v) is 4.79. The number of halogens is 3. The maximum absolute atomic E-state index is 6.01. The second-order valence-electron chi connectivity index (χ2n) is 5.29. The summed E-state index contributed by atoms with van der Waals surface area (Å²) in [5.41, 5.74) is 4.52. The smallest absolute Gasteiger partial charge is 0.132 e. The molecule has 0 aliphatic heterocycles. The van der Waals surface area contributed by atoms with Gasteiger partial charge in [-0.25, -0.2) is 0 Å². The van der Waals surface area contributed by atoms with Gasteiger partial charge in [0.1, 0.15) is 18.1 Å². The molecule has 0 radical (unpaired) electrons. The lowest BCUT2D eigenvalue weighted by Gasteiger charge is -2.09. The predicted octanol–water partition coefficient (Wildman–Crippen LogP) is 5.50. The number of ether oxygens (including phenoxy) is 1. The van der Waals surface area contributed by atoms with Gasteiger partial charge in [-0.15, -0.1) is 12.4 Å². The number of rotatable bonds is 3. The van der Waals surface area contributed by atoms with Crippen molar-refractivity contribution in [1.82, 2.24) is 9.55 Å². The first-order chi connectivity index (χ1) is 10.5. The molecule has 6 heteroatoms. The first-order valence-electron chi connectivity index (χ1n) is 6.96. The molecule has 0 fully saturated rings. The molecule has 0 atom stereocenters. The van der Waals surface area contributed by atoms with Crippen molar-refractivity contribution in [2.24, 2.45) is 7.05 Å². The van der Waals surface area contributed by atoms with Gasteiger partial charge in [-0.2, -0.15) is 0 Å². The van der Waals surface area contributed by atoms with Crippen molar-refractivity contribution in [3.05, 3.63) is 57.5 Å². The molecule has 3 nitrogen and oxygen atoms in total. The minimum absolute atomic E-state index is 0. The van der Waals surface area contributed by atoms with Gasteiger partial charge >= 0.3 is 0 Å². The summed E-state index contributed by atoms with van der Waals surface area (Å²) in [6.07, 6.45) is 1.82. The number of aromatic nitrogens is 2. The highest BCUT2D eigenvalue weighted by atomic mass is 35.5. The molecule has 1 aromatic carbocycles. The van der Waals surface area contributed by atoms with Gasteiger partial charge in [-0.3, -0.25) is 4.98 Å². The van der Waals surface area contributed by atoms with E-state index < -0.39 is 0 Å². The summed E-state index contributed by atoms with van der Waals surface area (Å²) >= 11 is 11.9. The van der Waals surface area contributed by atoms with Crippen LogP contribution < -0.4 is 4.74 Å². The fraction of sp³-hybridized carbons (Fsp3) is 0.235. The molecule has 0 saturated carbocycles. The van der Waals surface area contributed by atoms with Gasteiger partial charge in [0.15, 0.2) is 0 Å². The zero-order valence-electron chi connectivity index (χ0n) is 13.1. The van der Waals surface area contributed by atoms with Crippen LogP contribution in [-0.2, 0) is 13.7 Å². The Bertz CT molecular complexity index is 859. The standard InChI is InChI=1S/C17H16Cl2N2O.ClH/c1-10-11(2)21(3)17-13(10)6-7-20-16(17)9-22-12-4-5-14(18)15(19)8-12;/h4-8H,9H2,1-3H3;1H.